The zero-order chi connectivity index (χ0) is 13.4. The highest BCUT2D eigenvalue weighted by atomic mass is 16.5. The van der Waals surface area contributed by atoms with Gasteiger partial charge in [-0.05, 0) is 19.8 Å². The van der Waals surface area contributed by atoms with Crippen LogP contribution in [0.2, 0.25) is 0 Å². The lowest BCUT2D eigenvalue weighted by molar-refractivity contribution is -0.137. The molecule has 1 fully saturated rings. The number of carboxylic acid groups (broad SMARTS) is 1. The van der Waals surface area contributed by atoms with Crippen LogP contribution in [-0.2, 0) is 19.1 Å². The number of hydrogen-bond donors (Lipinski definition) is 2. The lowest BCUT2D eigenvalue weighted by Crippen LogP contribution is -2.34. The van der Waals surface area contributed by atoms with Gasteiger partial charge in [0.1, 0.15) is 0 Å². The van der Waals surface area contributed by atoms with Crippen LogP contribution in [0.25, 0.3) is 0 Å². The van der Waals surface area contributed by atoms with E-state index in [-0.39, 0.29) is 30.9 Å². The first-order valence-electron chi connectivity index (χ1n) is 6.28. The van der Waals surface area contributed by atoms with Crippen molar-refractivity contribution in [3.63, 3.8) is 0 Å². The first kappa shape index (κ1) is 14.9. The molecule has 0 aliphatic carbocycles. The minimum Gasteiger partial charge on any atom is -0.481 e. The number of carboxylic acids is 1. The minimum absolute atomic E-state index is 0.0670. The van der Waals surface area contributed by atoms with Crippen molar-refractivity contribution in [3.8, 4) is 0 Å². The fourth-order valence-corrected chi connectivity index (χ4v) is 1.82. The van der Waals surface area contributed by atoms with Crippen LogP contribution >= 0.6 is 0 Å². The third-order valence-corrected chi connectivity index (χ3v) is 2.69. The van der Waals surface area contributed by atoms with Gasteiger partial charge < -0.3 is 19.9 Å². The van der Waals surface area contributed by atoms with E-state index in [0.717, 1.165) is 19.4 Å². The van der Waals surface area contributed by atoms with Crippen molar-refractivity contribution in [2.75, 3.05) is 19.8 Å². The molecule has 0 aromatic heterocycles. The standard InChI is InChI=1S/C12H21NO5/c1-9(7-12(15)16)13-11(14)4-6-17-8-10-3-2-5-18-10/h9-10H,2-8H2,1H3,(H,13,14)(H,15,16). The highest BCUT2D eigenvalue weighted by Crippen LogP contribution is 2.11. The highest BCUT2D eigenvalue weighted by Gasteiger charge is 2.15. The summed E-state index contributed by atoms with van der Waals surface area (Å²) < 4.78 is 10.7. The molecule has 1 rings (SSSR count). The van der Waals surface area contributed by atoms with E-state index >= 15 is 0 Å². The zero-order valence-corrected chi connectivity index (χ0v) is 10.7. The van der Waals surface area contributed by atoms with E-state index < -0.39 is 5.97 Å². The van der Waals surface area contributed by atoms with E-state index in [1.54, 1.807) is 6.92 Å². The average Bonchev–Trinajstić information content (AvgIpc) is 2.75. The van der Waals surface area contributed by atoms with Crippen molar-refractivity contribution in [1.29, 1.82) is 0 Å². The molecular formula is C12H21NO5. The molecule has 6 heteroatoms. The summed E-state index contributed by atoms with van der Waals surface area (Å²) in [4.78, 5) is 21.8. The Morgan fingerprint density at radius 3 is 2.94 bits per heavy atom. The molecule has 0 saturated carbocycles. The van der Waals surface area contributed by atoms with Crippen LogP contribution in [-0.4, -0.2) is 48.9 Å². The van der Waals surface area contributed by atoms with Crippen molar-refractivity contribution in [3.05, 3.63) is 0 Å². The van der Waals surface area contributed by atoms with E-state index in [1.807, 2.05) is 0 Å². The second kappa shape index (κ2) is 8.05. The average molecular weight is 259 g/mol. The Hall–Kier alpha value is -1.14. The predicted molar refractivity (Wildman–Crippen MR) is 64.3 cm³/mol. The van der Waals surface area contributed by atoms with E-state index in [9.17, 15) is 9.59 Å². The normalized spacial score (nSPS) is 20.6. The first-order valence-corrected chi connectivity index (χ1v) is 6.28. The van der Waals surface area contributed by atoms with Crippen molar-refractivity contribution in [2.45, 2.75) is 44.8 Å². The number of ether oxygens (including phenoxy) is 2. The highest BCUT2D eigenvalue weighted by molar-refractivity contribution is 5.77. The Labute approximate surface area is 107 Å². The quantitative estimate of drug-likeness (QED) is 0.622. The van der Waals surface area contributed by atoms with Crippen LogP contribution in [0.3, 0.4) is 0 Å². The summed E-state index contributed by atoms with van der Waals surface area (Å²) in [7, 11) is 0. The Morgan fingerprint density at radius 2 is 2.33 bits per heavy atom. The molecule has 6 nitrogen and oxygen atoms in total. The fourth-order valence-electron chi connectivity index (χ4n) is 1.82. The molecule has 0 aromatic carbocycles. The summed E-state index contributed by atoms with van der Waals surface area (Å²) in [6, 6.07) is -0.354. The smallest absolute Gasteiger partial charge is 0.305 e. The van der Waals surface area contributed by atoms with Gasteiger partial charge in [-0.3, -0.25) is 9.59 Å². The largest absolute Gasteiger partial charge is 0.481 e. The van der Waals surface area contributed by atoms with Gasteiger partial charge in [-0.1, -0.05) is 0 Å². The second-order valence-electron chi connectivity index (χ2n) is 4.53. The SMILES string of the molecule is CC(CC(=O)O)NC(=O)CCOCC1CCCO1. The lowest BCUT2D eigenvalue weighted by Gasteiger charge is -2.12. The van der Waals surface area contributed by atoms with Gasteiger partial charge in [0, 0.05) is 19.1 Å². The topological polar surface area (TPSA) is 84.9 Å². The fraction of sp³-hybridized carbons (Fsp3) is 0.833. The van der Waals surface area contributed by atoms with Crippen molar-refractivity contribution < 1.29 is 24.2 Å². The van der Waals surface area contributed by atoms with Gasteiger partial charge >= 0.3 is 5.97 Å². The number of hydrogen-bond acceptors (Lipinski definition) is 4. The summed E-state index contributed by atoms with van der Waals surface area (Å²) in [5.41, 5.74) is 0. The zero-order valence-electron chi connectivity index (χ0n) is 10.7. The van der Waals surface area contributed by atoms with E-state index in [2.05, 4.69) is 5.32 Å². The molecule has 2 N–H and O–H groups in total. The monoisotopic (exact) mass is 259 g/mol. The Kier molecular flexibility index (Phi) is 6.67. The molecule has 2 atom stereocenters. The van der Waals surface area contributed by atoms with E-state index in [1.165, 1.54) is 0 Å². The van der Waals surface area contributed by atoms with Gasteiger partial charge in [0.05, 0.1) is 25.7 Å². The molecule has 1 amide bonds. The van der Waals surface area contributed by atoms with Crippen LogP contribution in [0, 0.1) is 0 Å². The van der Waals surface area contributed by atoms with Crippen molar-refractivity contribution in [2.24, 2.45) is 0 Å². The molecule has 0 radical (unpaired) electrons. The van der Waals surface area contributed by atoms with Crippen LogP contribution in [0.1, 0.15) is 32.6 Å². The molecular weight excluding hydrogens is 238 g/mol. The maximum Gasteiger partial charge on any atom is 0.305 e. The van der Waals surface area contributed by atoms with Gasteiger partial charge in [0.15, 0.2) is 0 Å². The van der Waals surface area contributed by atoms with Crippen LogP contribution < -0.4 is 5.32 Å². The second-order valence-corrected chi connectivity index (χ2v) is 4.53. The third kappa shape index (κ3) is 6.56. The van der Waals surface area contributed by atoms with Gasteiger partial charge in [-0.2, -0.15) is 0 Å². The molecule has 0 bridgehead atoms. The molecule has 1 saturated heterocycles. The van der Waals surface area contributed by atoms with Gasteiger partial charge in [-0.15, -0.1) is 0 Å². The van der Waals surface area contributed by atoms with E-state index in [0.29, 0.717) is 13.2 Å². The molecule has 2 unspecified atom stereocenters. The Bertz CT molecular complexity index is 276. The number of aliphatic carboxylic acids is 1. The summed E-state index contributed by atoms with van der Waals surface area (Å²) >= 11 is 0. The number of rotatable bonds is 8. The summed E-state index contributed by atoms with van der Waals surface area (Å²) in [6.07, 6.45) is 2.43. The number of nitrogens with one attached hydrogen (secondary N) is 1. The lowest BCUT2D eigenvalue weighted by atomic mass is 10.2. The van der Waals surface area contributed by atoms with Gasteiger partial charge in [0.2, 0.25) is 5.91 Å². The van der Waals surface area contributed by atoms with Gasteiger partial charge in [-0.25, -0.2) is 0 Å². The molecule has 0 aromatic rings. The van der Waals surface area contributed by atoms with Gasteiger partial charge in [0.25, 0.3) is 0 Å². The van der Waals surface area contributed by atoms with Crippen LogP contribution in [0.4, 0.5) is 0 Å². The molecule has 1 aliphatic rings. The van der Waals surface area contributed by atoms with Crippen molar-refractivity contribution >= 4 is 11.9 Å². The van der Waals surface area contributed by atoms with Crippen LogP contribution in [0.15, 0.2) is 0 Å². The first-order chi connectivity index (χ1) is 8.58. The molecule has 1 aliphatic heterocycles. The summed E-state index contributed by atoms with van der Waals surface area (Å²) in [6.45, 7) is 3.32. The maximum atomic E-state index is 11.4. The molecule has 0 spiro atoms. The third-order valence-electron chi connectivity index (χ3n) is 2.69. The maximum absolute atomic E-state index is 11.4. The minimum atomic E-state index is -0.919. The van der Waals surface area contributed by atoms with Crippen LogP contribution in [0.5, 0.6) is 0 Å². The van der Waals surface area contributed by atoms with Crippen molar-refractivity contribution in [1.82, 2.24) is 5.32 Å². The predicted octanol–water partition coefficient (Wildman–Crippen LogP) is 0.551. The number of amides is 1. The van der Waals surface area contributed by atoms with E-state index in [4.69, 9.17) is 14.6 Å². The molecule has 1 heterocycles. The molecule has 18 heavy (non-hydrogen) atoms. The molecule has 104 valence electrons. The summed E-state index contributed by atoms with van der Waals surface area (Å²) in [5, 5.41) is 11.2. The Morgan fingerprint density at radius 1 is 1.56 bits per heavy atom. The summed E-state index contributed by atoms with van der Waals surface area (Å²) in [5.74, 6) is -1.10. The number of carbonyl (C=O) groups excluding carboxylic acids is 1. The Balaban J connectivity index is 2.00. The number of carbonyl (C=O) groups is 2.